The Hall–Kier alpha value is -2.81. The summed E-state index contributed by atoms with van der Waals surface area (Å²) in [6, 6.07) is 6.15. The van der Waals surface area contributed by atoms with E-state index in [9.17, 15) is 14.4 Å². The van der Waals surface area contributed by atoms with Crippen molar-refractivity contribution in [3.05, 3.63) is 56.4 Å². The highest BCUT2D eigenvalue weighted by molar-refractivity contribution is 5.92. The largest absolute Gasteiger partial charge is 0.335 e. The Morgan fingerprint density at radius 3 is 2.19 bits per heavy atom. The van der Waals surface area contributed by atoms with Crippen LogP contribution in [0.2, 0.25) is 0 Å². The highest BCUT2D eigenvalue weighted by Crippen LogP contribution is 2.18. The number of carbonyl (C=O) groups excluding carboxylic acids is 1. The van der Waals surface area contributed by atoms with E-state index in [-0.39, 0.29) is 34.2 Å². The summed E-state index contributed by atoms with van der Waals surface area (Å²) >= 11 is 0. The van der Waals surface area contributed by atoms with Crippen molar-refractivity contribution >= 4 is 5.91 Å². The summed E-state index contributed by atoms with van der Waals surface area (Å²) in [5.41, 5.74) is 0.742. The molecule has 0 spiro atoms. The summed E-state index contributed by atoms with van der Waals surface area (Å²) in [6.45, 7) is 13.7. The van der Waals surface area contributed by atoms with Crippen molar-refractivity contribution in [1.29, 1.82) is 0 Å². The lowest BCUT2D eigenvalue weighted by atomic mass is 9.92. The van der Waals surface area contributed by atoms with Crippen LogP contribution >= 0.6 is 0 Å². The Kier molecular flexibility index (Phi) is 6.74. The van der Waals surface area contributed by atoms with Crippen LogP contribution < -0.4 is 11.1 Å². The number of aromatic nitrogens is 4. The number of hydrogen-bond acceptors (Lipinski definition) is 6. The molecule has 0 unspecified atom stereocenters. The molecule has 0 N–H and O–H groups in total. The average Bonchev–Trinajstić information content (AvgIpc) is 2.72. The predicted molar refractivity (Wildman–Crippen MR) is 118 cm³/mol. The molecule has 9 heteroatoms. The Morgan fingerprint density at radius 2 is 1.58 bits per heavy atom. The molecule has 168 valence electrons. The number of nitrogens with zero attached hydrogens (tertiary/aromatic N) is 6. The fourth-order valence-corrected chi connectivity index (χ4v) is 3.49. The van der Waals surface area contributed by atoms with E-state index in [2.05, 4.69) is 35.9 Å². The monoisotopic (exact) mass is 428 g/mol. The molecule has 0 aliphatic carbocycles. The molecule has 2 aromatic rings. The van der Waals surface area contributed by atoms with E-state index >= 15 is 0 Å². The van der Waals surface area contributed by atoms with Crippen molar-refractivity contribution in [2.45, 2.75) is 52.6 Å². The van der Waals surface area contributed by atoms with Crippen molar-refractivity contribution < 1.29 is 4.79 Å². The summed E-state index contributed by atoms with van der Waals surface area (Å²) in [6.07, 6.45) is 0. The van der Waals surface area contributed by atoms with Crippen LogP contribution in [-0.4, -0.2) is 68.0 Å². The molecule has 0 atom stereocenters. The van der Waals surface area contributed by atoms with E-state index in [0.29, 0.717) is 39.3 Å². The first kappa shape index (κ1) is 22.9. The fraction of sp³-hybridized carbons (Fsp3) is 0.591. The molecule has 31 heavy (non-hydrogen) atoms. The lowest BCUT2D eigenvalue weighted by molar-refractivity contribution is 0.0622. The van der Waals surface area contributed by atoms with Crippen LogP contribution in [0.4, 0.5) is 0 Å². The number of piperazine rings is 1. The third kappa shape index (κ3) is 5.46. The zero-order valence-corrected chi connectivity index (χ0v) is 19.0. The van der Waals surface area contributed by atoms with Crippen molar-refractivity contribution in [3.63, 3.8) is 0 Å². The second-order valence-corrected chi connectivity index (χ2v) is 9.26. The van der Waals surface area contributed by atoms with Crippen molar-refractivity contribution in [2.75, 3.05) is 32.7 Å². The number of amides is 1. The van der Waals surface area contributed by atoms with Crippen LogP contribution in [0, 0.1) is 0 Å². The van der Waals surface area contributed by atoms with Crippen LogP contribution in [-0.2, 0) is 12.0 Å². The smallest absolute Gasteiger partial charge is 0.274 e. The molecule has 1 saturated heterocycles. The van der Waals surface area contributed by atoms with Gasteiger partial charge < -0.3 is 4.90 Å². The van der Waals surface area contributed by atoms with Crippen LogP contribution in [0.5, 0.6) is 0 Å². The van der Waals surface area contributed by atoms with Gasteiger partial charge in [-0.25, -0.2) is 9.36 Å². The molecule has 3 heterocycles. The van der Waals surface area contributed by atoms with Crippen LogP contribution in [0.25, 0.3) is 0 Å². The topological polar surface area (TPSA) is 93.3 Å². The first-order valence-corrected chi connectivity index (χ1v) is 10.8. The molecule has 0 bridgehead atoms. The first-order valence-electron chi connectivity index (χ1n) is 10.8. The Morgan fingerprint density at radius 1 is 0.935 bits per heavy atom. The van der Waals surface area contributed by atoms with Gasteiger partial charge in [0.1, 0.15) is 5.69 Å². The van der Waals surface area contributed by atoms with Crippen LogP contribution in [0.15, 0.2) is 33.9 Å². The van der Waals surface area contributed by atoms with Crippen molar-refractivity contribution in [3.8, 4) is 0 Å². The van der Waals surface area contributed by atoms with E-state index in [1.807, 2.05) is 13.8 Å². The van der Waals surface area contributed by atoms with E-state index in [4.69, 9.17) is 0 Å². The number of hydrogen-bond donors (Lipinski definition) is 0. The molecule has 9 nitrogen and oxygen atoms in total. The van der Waals surface area contributed by atoms with Gasteiger partial charge in [-0.1, -0.05) is 20.8 Å². The molecule has 0 aromatic carbocycles. The predicted octanol–water partition coefficient (Wildman–Crippen LogP) is 1.14. The van der Waals surface area contributed by atoms with Gasteiger partial charge >= 0.3 is 0 Å². The summed E-state index contributed by atoms with van der Waals surface area (Å²) < 4.78 is 2.86. The third-order valence-electron chi connectivity index (χ3n) is 5.46. The average molecular weight is 429 g/mol. The molecule has 0 saturated carbocycles. The lowest BCUT2D eigenvalue weighted by Crippen LogP contribution is -2.50. The molecule has 2 aromatic heterocycles. The zero-order chi connectivity index (χ0) is 22.8. The van der Waals surface area contributed by atoms with Gasteiger partial charge in [-0.05, 0) is 26.0 Å². The summed E-state index contributed by atoms with van der Waals surface area (Å²) in [5, 5.41) is 8.75. The second kappa shape index (κ2) is 9.13. The Labute approximate surface area is 182 Å². The minimum atomic E-state index is -0.212. The molecule has 0 radical (unpaired) electrons. The molecular weight excluding hydrogens is 396 g/mol. The zero-order valence-electron chi connectivity index (χ0n) is 19.0. The SMILES string of the molecule is CC(C)n1nc(C(=O)N2CCN(CCn3nc(C(C)(C)C)ccc3=O)CC2)ccc1=O. The number of carbonyl (C=O) groups is 1. The van der Waals surface area contributed by atoms with Crippen molar-refractivity contribution in [2.24, 2.45) is 0 Å². The van der Waals surface area contributed by atoms with Gasteiger partial charge in [-0.15, -0.1) is 0 Å². The quantitative estimate of drug-likeness (QED) is 0.709. The summed E-state index contributed by atoms with van der Waals surface area (Å²) in [4.78, 5) is 40.9. The summed E-state index contributed by atoms with van der Waals surface area (Å²) in [5.74, 6) is -0.162. The van der Waals surface area contributed by atoms with Gasteiger partial charge in [0.05, 0.1) is 18.3 Å². The van der Waals surface area contributed by atoms with Crippen molar-refractivity contribution in [1.82, 2.24) is 29.4 Å². The van der Waals surface area contributed by atoms with Gasteiger partial charge in [-0.3, -0.25) is 19.3 Å². The van der Waals surface area contributed by atoms with E-state index in [1.165, 1.54) is 21.5 Å². The van der Waals surface area contributed by atoms with Gasteiger partial charge in [0.25, 0.3) is 17.0 Å². The maximum absolute atomic E-state index is 12.8. The van der Waals surface area contributed by atoms with Gasteiger partial charge in [0, 0.05) is 50.3 Å². The minimum absolute atomic E-state index is 0.104. The first-order chi connectivity index (χ1) is 14.6. The third-order valence-corrected chi connectivity index (χ3v) is 5.46. The van der Waals surface area contributed by atoms with Crippen LogP contribution in [0.1, 0.15) is 56.8 Å². The molecule has 1 aliphatic rings. The molecule has 1 fully saturated rings. The van der Waals surface area contributed by atoms with Gasteiger partial charge in [0.15, 0.2) is 0 Å². The van der Waals surface area contributed by atoms with E-state index < -0.39 is 0 Å². The maximum atomic E-state index is 12.8. The second-order valence-electron chi connectivity index (χ2n) is 9.26. The van der Waals surface area contributed by atoms with Crippen LogP contribution in [0.3, 0.4) is 0 Å². The normalized spacial score (nSPS) is 15.5. The van der Waals surface area contributed by atoms with Gasteiger partial charge in [0.2, 0.25) is 0 Å². The Bertz CT molecular complexity index is 1040. The standard InChI is InChI=1S/C22H32N6O3/c1-16(2)28-20(30)8-6-17(23-28)21(31)26-13-10-25(11-14-26)12-15-27-19(29)9-7-18(24-27)22(3,4)5/h6-9,16H,10-15H2,1-5H3. The fourth-order valence-electron chi connectivity index (χ4n) is 3.49. The highest BCUT2D eigenvalue weighted by Gasteiger charge is 2.24. The van der Waals surface area contributed by atoms with Gasteiger partial charge in [-0.2, -0.15) is 10.2 Å². The molecule has 1 amide bonds. The molecule has 1 aliphatic heterocycles. The molecular formula is C22H32N6O3. The Balaban J connectivity index is 1.58. The minimum Gasteiger partial charge on any atom is -0.335 e. The van der Waals surface area contributed by atoms with E-state index in [1.54, 1.807) is 17.0 Å². The lowest BCUT2D eigenvalue weighted by Gasteiger charge is -2.34. The molecule has 3 rings (SSSR count). The highest BCUT2D eigenvalue weighted by atomic mass is 16.2. The maximum Gasteiger partial charge on any atom is 0.274 e. The van der Waals surface area contributed by atoms with E-state index in [0.717, 1.165) is 5.69 Å². The number of rotatable bonds is 5. The summed E-state index contributed by atoms with van der Waals surface area (Å²) in [7, 11) is 0.